The van der Waals surface area contributed by atoms with Crippen LogP contribution in [0.15, 0.2) is 72.0 Å². The van der Waals surface area contributed by atoms with Gasteiger partial charge in [-0.15, -0.1) is 0 Å². The van der Waals surface area contributed by atoms with Gasteiger partial charge in [-0.05, 0) is 49.5 Å². The lowest BCUT2D eigenvalue weighted by molar-refractivity contribution is -0.136. The third kappa shape index (κ3) is 5.05. The quantitative estimate of drug-likeness (QED) is 0.732. The minimum atomic E-state index is -0.895. The van der Waals surface area contributed by atoms with Gasteiger partial charge in [-0.2, -0.15) is 0 Å². The number of aromatic nitrogens is 2. The molecule has 1 aromatic carbocycles. The molecule has 0 radical (unpaired) electrons. The van der Waals surface area contributed by atoms with Crippen LogP contribution in [0.3, 0.4) is 0 Å². The number of carbonyl (C=O) groups excluding carboxylic acids is 1. The molecular formula is C25H28F2N4O. The first-order valence-corrected chi connectivity index (χ1v) is 10.9. The van der Waals surface area contributed by atoms with Gasteiger partial charge >= 0.3 is 0 Å². The van der Waals surface area contributed by atoms with Crippen molar-refractivity contribution in [2.75, 3.05) is 0 Å². The molecule has 32 heavy (non-hydrogen) atoms. The maximum absolute atomic E-state index is 13.7. The first-order chi connectivity index (χ1) is 15.4. The molecule has 0 spiro atoms. The molecule has 5 nitrogen and oxygen atoms in total. The number of amides is 1. The normalized spacial score (nSPS) is 19.4. The van der Waals surface area contributed by atoms with Gasteiger partial charge in [0.05, 0.1) is 12.6 Å². The molecular weight excluding hydrogens is 410 g/mol. The number of allylic oxidation sites excluding steroid dienone is 5. The van der Waals surface area contributed by atoms with Crippen LogP contribution >= 0.6 is 0 Å². The Morgan fingerprint density at radius 3 is 2.78 bits per heavy atom. The highest BCUT2D eigenvalue weighted by Crippen LogP contribution is 2.25. The summed E-state index contributed by atoms with van der Waals surface area (Å²) in [6.07, 6.45) is 7.43. The Labute approximate surface area is 186 Å². The Kier molecular flexibility index (Phi) is 6.65. The number of imidazole rings is 1. The summed E-state index contributed by atoms with van der Waals surface area (Å²) in [5.74, 6) is -0.933. The summed E-state index contributed by atoms with van der Waals surface area (Å²) in [5.41, 5.74) is 9.12. The topological polar surface area (TPSA) is 64.2 Å². The zero-order valence-electron chi connectivity index (χ0n) is 18.2. The van der Waals surface area contributed by atoms with Gasteiger partial charge in [0, 0.05) is 30.9 Å². The van der Waals surface area contributed by atoms with E-state index >= 15 is 0 Å². The van der Waals surface area contributed by atoms with Crippen molar-refractivity contribution in [3.8, 4) is 0 Å². The van der Waals surface area contributed by atoms with Gasteiger partial charge in [0.2, 0.25) is 5.91 Å². The van der Waals surface area contributed by atoms with Crippen LogP contribution < -0.4 is 5.73 Å². The van der Waals surface area contributed by atoms with Gasteiger partial charge in [0.15, 0.2) is 11.7 Å². The maximum Gasteiger partial charge on any atom is 0.224 e. The molecule has 1 aliphatic carbocycles. The van der Waals surface area contributed by atoms with Crippen molar-refractivity contribution in [2.24, 2.45) is 5.73 Å². The van der Waals surface area contributed by atoms with Crippen molar-refractivity contribution < 1.29 is 13.6 Å². The van der Waals surface area contributed by atoms with Crippen molar-refractivity contribution in [3.05, 3.63) is 89.1 Å². The highest BCUT2D eigenvalue weighted by molar-refractivity contribution is 5.77. The van der Waals surface area contributed by atoms with Gasteiger partial charge in [0.1, 0.15) is 5.82 Å². The van der Waals surface area contributed by atoms with Gasteiger partial charge < -0.3 is 15.2 Å². The lowest BCUT2D eigenvalue weighted by atomic mass is 9.99. The number of hydrogen-bond donors (Lipinski definition) is 1. The van der Waals surface area contributed by atoms with E-state index in [4.69, 9.17) is 5.73 Å². The number of halogens is 2. The summed E-state index contributed by atoms with van der Waals surface area (Å²) >= 11 is 0. The highest BCUT2D eigenvalue weighted by atomic mass is 19.2. The average molecular weight is 439 g/mol. The lowest BCUT2D eigenvalue weighted by Crippen LogP contribution is -2.49. The number of nitrogens with two attached hydrogens (primary N) is 1. The Balaban J connectivity index is 1.47. The standard InChI is InChI=1S/C25H28F2N4O/c1-17-14-29-24-16-31(21(15-30(17)24)11-18-6-3-2-4-7-18)25(32)13-20(28)10-19-8-5-9-22(26)23(27)12-19/h2-4,6-9,12,14,20-21H,5,10-11,13,15-16,28H2,1H3/t20-,21?/m1/s1. The second-order valence-corrected chi connectivity index (χ2v) is 8.52. The SMILES string of the molecule is Cc1cnc2n1CC(Cc1ccccc1)N(C(=O)C[C@H](N)CC1=CCC=C(F)C(F)=C1)C2. The fourth-order valence-electron chi connectivity index (χ4n) is 4.39. The van der Waals surface area contributed by atoms with Crippen LogP contribution in [0.2, 0.25) is 0 Å². The van der Waals surface area contributed by atoms with Gasteiger partial charge in [0.25, 0.3) is 0 Å². The van der Waals surface area contributed by atoms with Crippen LogP contribution in [0.1, 0.15) is 36.3 Å². The van der Waals surface area contributed by atoms with E-state index in [9.17, 15) is 13.6 Å². The van der Waals surface area contributed by atoms with Gasteiger partial charge in [-0.25, -0.2) is 13.8 Å². The molecule has 2 aliphatic rings. The van der Waals surface area contributed by atoms with Crippen LogP contribution in [0, 0.1) is 6.92 Å². The van der Waals surface area contributed by atoms with Gasteiger partial charge in [-0.1, -0.05) is 36.4 Å². The van der Waals surface area contributed by atoms with E-state index in [0.29, 0.717) is 31.5 Å². The van der Waals surface area contributed by atoms with Crippen molar-refractivity contribution >= 4 is 5.91 Å². The van der Waals surface area contributed by atoms with E-state index in [0.717, 1.165) is 17.9 Å². The second kappa shape index (κ2) is 9.61. The third-order valence-electron chi connectivity index (χ3n) is 6.07. The highest BCUT2D eigenvalue weighted by Gasteiger charge is 2.32. The summed E-state index contributed by atoms with van der Waals surface area (Å²) in [7, 11) is 0. The molecule has 1 unspecified atom stereocenters. The number of benzene rings is 1. The molecule has 168 valence electrons. The third-order valence-corrected chi connectivity index (χ3v) is 6.07. The average Bonchev–Trinajstić information content (AvgIpc) is 3.04. The van der Waals surface area contributed by atoms with E-state index in [1.165, 1.54) is 17.7 Å². The number of rotatable bonds is 6. The molecule has 1 amide bonds. The summed E-state index contributed by atoms with van der Waals surface area (Å²) in [6, 6.07) is 9.61. The minimum Gasteiger partial charge on any atom is -0.330 e. The summed E-state index contributed by atoms with van der Waals surface area (Å²) < 4.78 is 29.3. The number of fused-ring (bicyclic) bond motifs is 1. The molecule has 0 bridgehead atoms. The molecule has 2 aromatic rings. The summed E-state index contributed by atoms with van der Waals surface area (Å²) in [6.45, 7) is 3.14. The zero-order valence-corrected chi connectivity index (χ0v) is 18.2. The Morgan fingerprint density at radius 1 is 1.22 bits per heavy atom. The van der Waals surface area contributed by atoms with Crippen LogP contribution in [0.25, 0.3) is 0 Å². The van der Waals surface area contributed by atoms with E-state index in [-0.39, 0.29) is 18.4 Å². The Bertz CT molecular complexity index is 1070. The number of aryl methyl sites for hydroxylation is 1. The van der Waals surface area contributed by atoms with Crippen LogP contribution in [-0.2, 0) is 24.3 Å². The summed E-state index contributed by atoms with van der Waals surface area (Å²) in [4.78, 5) is 19.6. The van der Waals surface area contributed by atoms with Gasteiger partial charge in [-0.3, -0.25) is 4.79 Å². The maximum atomic E-state index is 13.7. The number of nitrogens with zero attached hydrogens (tertiary/aromatic N) is 3. The van der Waals surface area contributed by atoms with Crippen molar-refractivity contribution in [2.45, 2.75) is 57.8 Å². The molecule has 2 N–H and O–H groups in total. The van der Waals surface area contributed by atoms with E-state index in [1.54, 1.807) is 6.08 Å². The molecule has 2 atom stereocenters. The molecule has 7 heteroatoms. The minimum absolute atomic E-state index is 0.00904. The van der Waals surface area contributed by atoms with E-state index in [1.807, 2.05) is 36.2 Å². The van der Waals surface area contributed by atoms with Crippen LogP contribution in [-0.4, -0.2) is 32.4 Å². The second-order valence-electron chi connectivity index (χ2n) is 8.52. The van der Waals surface area contributed by atoms with Crippen molar-refractivity contribution in [3.63, 3.8) is 0 Å². The Morgan fingerprint density at radius 2 is 2.00 bits per heavy atom. The Hall–Kier alpha value is -3.06. The van der Waals surface area contributed by atoms with Crippen molar-refractivity contribution in [1.82, 2.24) is 14.5 Å². The van der Waals surface area contributed by atoms with E-state index in [2.05, 4.69) is 21.7 Å². The zero-order chi connectivity index (χ0) is 22.7. The number of carbonyl (C=O) groups is 1. The first-order valence-electron chi connectivity index (χ1n) is 10.9. The van der Waals surface area contributed by atoms with Crippen LogP contribution in [0.5, 0.6) is 0 Å². The molecule has 0 saturated carbocycles. The number of hydrogen-bond acceptors (Lipinski definition) is 3. The molecule has 2 heterocycles. The molecule has 4 rings (SSSR count). The van der Waals surface area contributed by atoms with Crippen molar-refractivity contribution in [1.29, 1.82) is 0 Å². The van der Waals surface area contributed by atoms with Crippen LogP contribution in [0.4, 0.5) is 8.78 Å². The monoisotopic (exact) mass is 438 g/mol. The molecule has 1 aliphatic heterocycles. The predicted octanol–water partition coefficient (Wildman–Crippen LogP) is 4.29. The summed E-state index contributed by atoms with van der Waals surface area (Å²) in [5, 5.41) is 0. The fourth-order valence-corrected chi connectivity index (χ4v) is 4.39. The smallest absolute Gasteiger partial charge is 0.224 e. The van der Waals surface area contributed by atoms with E-state index < -0.39 is 17.7 Å². The molecule has 0 saturated heterocycles. The molecule has 1 aromatic heterocycles. The first kappa shape index (κ1) is 22.1. The predicted molar refractivity (Wildman–Crippen MR) is 120 cm³/mol. The fraction of sp³-hybridized carbons (Fsp3) is 0.360. The lowest BCUT2D eigenvalue weighted by Gasteiger charge is -2.37. The largest absolute Gasteiger partial charge is 0.330 e. The molecule has 0 fully saturated rings.